The second kappa shape index (κ2) is 6.24. The van der Waals surface area contributed by atoms with E-state index in [1.807, 2.05) is 6.07 Å². The van der Waals surface area contributed by atoms with E-state index in [4.69, 9.17) is 5.26 Å². The van der Waals surface area contributed by atoms with Crippen LogP contribution in [0, 0.1) is 11.3 Å². The summed E-state index contributed by atoms with van der Waals surface area (Å²) < 4.78 is 0. The Hall–Kier alpha value is -2.40. The Morgan fingerprint density at radius 1 is 1.38 bits per heavy atom. The summed E-state index contributed by atoms with van der Waals surface area (Å²) in [5.74, 6) is -0.756. The van der Waals surface area contributed by atoms with Crippen molar-refractivity contribution < 1.29 is 14.4 Å². The Balaban J connectivity index is 1.73. The Kier molecular flexibility index (Phi) is 4.28. The number of rotatable bonds is 3. The molecular weight excluding hydrogens is 328 g/mol. The van der Waals surface area contributed by atoms with Gasteiger partial charge in [0.1, 0.15) is 23.2 Å². The van der Waals surface area contributed by atoms with E-state index in [1.165, 1.54) is 16.2 Å². The molecule has 1 aliphatic heterocycles. The van der Waals surface area contributed by atoms with Gasteiger partial charge in [-0.25, -0.2) is 4.79 Å². The van der Waals surface area contributed by atoms with E-state index in [0.717, 1.165) is 24.2 Å². The number of imide groups is 1. The average molecular weight is 346 g/mol. The van der Waals surface area contributed by atoms with Crippen LogP contribution in [0.15, 0.2) is 11.4 Å². The number of nitrogens with zero attached hydrogens (tertiary/aromatic N) is 3. The summed E-state index contributed by atoms with van der Waals surface area (Å²) in [5.41, 5.74) is -0.413. The van der Waals surface area contributed by atoms with Crippen molar-refractivity contribution in [3.63, 3.8) is 0 Å². The molecule has 2 fully saturated rings. The maximum absolute atomic E-state index is 12.8. The van der Waals surface area contributed by atoms with Crippen LogP contribution in [-0.2, 0) is 9.59 Å². The molecule has 3 rings (SSSR count). The van der Waals surface area contributed by atoms with Gasteiger partial charge in [-0.15, -0.1) is 11.3 Å². The summed E-state index contributed by atoms with van der Waals surface area (Å²) in [6, 6.07) is 3.17. The van der Waals surface area contributed by atoms with Crippen molar-refractivity contribution in [2.75, 3.05) is 18.9 Å². The molecular formula is C16H18N4O3S. The van der Waals surface area contributed by atoms with Crippen LogP contribution in [0.2, 0.25) is 0 Å². The van der Waals surface area contributed by atoms with Crippen LogP contribution in [0.3, 0.4) is 0 Å². The van der Waals surface area contributed by atoms with Crippen molar-refractivity contribution in [2.45, 2.75) is 37.6 Å². The van der Waals surface area contributed by atoms with E-state index >= 15 is 0 Å². The summed E-state index contributed by atoms with van der Waals surface area (Å²) in [4.78, 5) is 40.0. The van der Waals surface area contributed by atoms with Crippen molar-refractivity contribution in [3.05, 3.63) is 17.0 Å². The summed E-state index contributed by atoms with van der Waals surface area (Å²) in [5, 5.41) is 13.7. The lowest BCUT2D eigenvalue weighted by Crippen LogP contribution is -2.49. The average Bonchev–Trinajstić information content (AvgIpc) is 3.10. The molecule has 1 saturated heterocycles. The molecule has 0 radical (unpaired) electrons. The Bertz CT molecular complexity index is 730. The number of nitriles is 1. The van der Waals surface area contributed by atoms with Crippen molar-refractivity contribution in [2.24, 2.45) is 0 Å². The van der Waals surface area contributed by atoms with Crippen molar-refractivity contribution >= 4 is 34.2 Å². The highest BCUT2D eigenvalue weighted by atomic mass is 32.1. The second-order valence-corrected chi connectivity index (χ2v) is 7.06. The maximum atomic E-state index is 12.8. The van der Waals surface area contributed by atoms with Gasteiger partial charge in [-0.1, -0.05) is 19.3 Å². The van der Waals surface area contributed by atoms with Crippen LogP contribution in [0.1, 0.15) is 37.7 Å². The molecule has 0 aromatic carbocycles. The molecule has 7 nitrogen and oxygen atoms in total. The third-order valence-electron chi connectivity index (χ3n) is 4.82. The quantitative estimate of drug-likeness (QED) is 0.849. The monoisotopic (exact) mass is 346 g/mol. The topological polar surface area (TPSA) is 93.5 Å². The molecule has 8 heteroatoms. The first kappa shape index (κ1) is 16.5. The van der Waals surface area contributed by atoms with Crippen LogP contribution < -0.4 is 5.32 Å². The van der Waals surface area contributed by atoms with E-state index < -0.39 is 17.5 Å². The molecule has 1 aromatic heterocycles. The fourth-order valence-electron chi connectivity index (χ4n) is 3.47. The van der Waals surface area contributed by atoms with Gasteiger partial charge in [-0.3, -0.25) is 14.5 Å². The van der Waals surface area contributed by atoms with Gasteiger partial charge in [0.05, 0.1) is 5.56 Å². The molecule has 0 bridgehead atoms. The third kappa shape index (κ3) is 2.55. The van der Waals surface area contributed by atoms with Crippen LogP contribution in [0.25, 0.3) is 0 Å². The van der Waals surface area contributed by atoms with Gasteiger partial charge in [-0.05, 0) is 24.3 Å². The molecule has 1 aliphatic carbocycles. The van der Waals surface area contributed by atoms with Crippen molar-refractivity contribution in [3.8, 4) is 6.07 Å². The molecule has 1 saturated carbocycles. The molecule has 1 aromatic rings. The molecule has 1 N–H and O–H groups in total. The smallest absolute Gasteiger partial charge is 0.315 e. The Morgan fingerprint density at radius 2 is 2.08 bits per heavy atom. The van der Waals surface area contributed by atoms with Crippen LogP contribution in [-0.4, -0.2) is 46.8 Å². The number of urea groups is 1. The van der Waals surface area contributed by atoms with E-state index in [2.05, 4.69) is 5.32 Å². The molecule has 0 unspecified atom stereocenters. The minimum Gasteiger partial charge on any atom is -0.315 e. The van der Waals surface area contributed by atoms with Crippen LogP contribution in [0.5, 0.6) is 0 Å². The SMILES string of the molecule is CN1C(=O)N(CC(=O)Nc2sccc2C#N)C(=O)C12CCCCC2. The largest absolute Gasteiger partial charge is 0.327 e. The summed E-state index contributed by atoms with van der Waals surface area (Å²) >= 11 is 1.23. The van der Waals surface area contributed by atoms with Gasteiger partial charge in [0, 0.05) is 7.05 Å². The minimum atomic E-state index is -0.781. The standard InChI is InChI=1S/C16H18N4O3S/c1-19-15(23)20(14(22)16(19)6-3-2-4-7-16)10-12(21)18-13-11(9-17)5-8-24-13/h5,8H,2-4,6-7,10H2,1H3,(H,18,21). The van der Waals surface area contributed by atoms with E-state index in [0.29, 0.717) is 23.4 Å². The molecule has 126 valence electrons. The predicted molar refractivity (Wildman–Crippen MR) is 88.4 cm³/mol. The molecule has 2 aliphatic rings. The third-order valence-corrected chi connectivity index (χ3v) is 5.65. The summed E-state index contributed by atoms with van der Waals surface area (Å²) in [7, 11) is 1.64. The Morgan fingerprint density at radius 3 is 2.75 bits per heavy atom. The number of carbonyl (C=O) groups excluding carboxylic acids is 3. The number of nitrogens with one attached hydrogen (secondary N) is 1. The highest BCUT2D eigenvalue weighted by Gasteiger charge is 2.55. The van der Waals surface area contributed by atoms with Gasteiger partial charge >= 0.3 is 6.03 Å². The van der Waals surface area contributed by atoms with E-state index in [9.17, 15) is 14.4 Å². The zero-order valence-electron chi connectivity index (χ0n) is 13.4. The summed E-state index contributed by atoms with van der Waals surface area (Å²) in [6.45, 7) is -0.327. The molecule has 4 amide bonds. The highest BCUT2D eigenvalue weighted by Crippen LogP contribution is 2.39. The number of likely N-dealkylation sites (N-methyl/N-ethyl adjacent to an activating group) is 1. The minimum absolute atomic E-state index is 0.281. The first-order chi connectivity index (χ1) is 11.5. The van der Waals surface area contributed by atoms with Crippen LogP contribution in [0.4, 0.5) is 9.80 Å². The Labute approximate surface area is 143 Å². The summed E-state index contributed by atoms with van der Waals surface area (Å²) in [6.07, 6.45) is 4.17. The molecule has 2 heterocycles. The highest BCUT2D eigenvalue weighted by molar-refractivity contribution is 7.14. The zero-order chi connectivity index (χ0) is 17.3. The maximum Gasteiger partial charge on any atom is 0.327 e. The number of carbonyl (C=O) groups is 3. The normalized spacial score (nSPS) is 19.7. The predicted octanol–water partition coefficient (Wildman–Crippen LogP) is 2.16. The molecule has 1 spiro atoms. The lowest BCUT2D eigenvalue weighted by Gasteiger charge is -2.35. The number of hydrogen-bond donors (Lipinski definition) is 1. The van der Waals surface area contributed by atoms with E-state index in [1.54, 1.807) is 18.5 Å². The van der Waals surface area contributed by atoms with Gasteiger partial charge in [0.25, 0.3) is 5.91 Å². The van der Waals surface area contributed by atoms with Gasteiger partial charge < -0.3 is 10.2 Å². The van der Waals surface area contributed by atoms with Crippen molar-refractivity contribution in [1.82, 2.24) is 9.80 Å². The van der Waals surface area contributed by atoms with Crippen LogP contribution >= 0.6 is 11.3 Å². The number of thiophene rings is 1. The zero-order valence-corrected chi connectivity index (χ0v) is 14.2. The second-order valence-electron chi connectivity index (χ2n) is 6.15. The molecule has 24 heavy (non-hydrogen) atoms. The van der Waals surface area contributed by atoms with Crippen molar-refractivity contribution in [1.29, 1.82) is 5.26 Å². The van der Waals surface area contributed by atoms with Gasteiger partial charge in [0.15, 0.2) is 0 Å². The first-order valence-electron chi connectivity index (χ1n) is 7.87. The number of amides is 4. The number of anilines is 1. The lowest BCUT2D eigenvalue weighted by atomic mass is 9.81. The fourth-order valence-corrected chi connectivity index (χ4v) is 4.23. The lowest BCUT2D eigenvalue weighted by molar-refractivity contribution is -0.136. The van der Waals surface area contributed by atoms with Gasteiger partial charge in [0.2, 0.25) is 5.91 Å². The first-order valence-corrected chi connectivity index (χ1v) is 8.75. The fraction of sp³-hybridized carbons (Fsp3) is 0.500. The van der Waals surface area contributed by atoms with E-state index in [-0.39, 0.29) is 12.5 Å². The van der Waals surface area contributed by atoms with Gasteiger partial charge in [-0.2, -0.15) is 5.26 Å². The molecule has 0 atom stereocenters. The number of hydrogen-bond acceptors (Lipinski definition) is 5.